The number of likely N-dealkylation sites (tertiary alicyclic amines) is 1. The van der Waals surface area contributed by atoms with Crippen molar-refractivity contribution < 1.29 is 4.74 Å². The van der Waals surface area contributed by atoms with Crippen molar-refractivity contribution >= 4 is 41.3 Å². The Morgan fingerprint density at radius 3 is 2.96 bits per heavy atom. The number of hydrogen-bond donors (Lipinski definition) is 1. The molecule has 0 spiro atoms. The van der Waals surface area contributed by atoms with Crippen LogP contribution in [-0.2, 0) is 4.74 Å². The number of piperidine rings is 1. The first-order chi connectivity index (χ1) is 12.2. The molecular formula is C19H33IN4OS. The first kappa shape index (κ1) is 21.9. The number of guanidine groups is 1. The average molecular weight is 492 g/mol. The van der Waals surface area contributed by atoms with Gasteiger partial charge in [-0.2, -0.15) is 0 Å². The molecule has 0 bridgehead atoms. The van der Waals surface area contributed by atoms with E-state index in [9.17, 15) is 0 Å². The number of thiophene rings is 1. The van der Waals surface area contributed by atoms with Gasteiger partial charge in [0.15, 0.2) is 5.96 Å². The molecule has 1 N–H and O–H groups in total. The highest BCUT2D eigenvalue weighted by atomic mass is 127. The molecule has 26 heavy (non-hydrogen) atoms. The third-order valence-electron chi connectivity index (χ3n) is 5.49. The van der Waals surface area contributed by atoms with Gasteiger partial charge in [0.2, 0.25) is 0 Å². The molecule has 1 aromatic heterocycles. The fraction of sp³-hybridized carbons (Fsp3) is 0.737. The van der Waals surface area contributed by atoms with E-state index < -0.39 is 0 Å². The van der Waals surface area contributed by atoms with Crippen LogP contribution in [0.2, 0.25) is 0 Å². The predicted molar refractivity (Wildman–Crippen MR) is 121 cm³/mol. The molecule has 5 nitrogen and oxygen atoms in total. The minimum Gasteiger partial charge on any atom is -0.381 e. The molecule has 0 saturated carbocycles. The summed E-state index contributed by atoms with van der Waals surface area (Å²) in [5, 5.41) is 5.83. The van der Waals surface area contributed by atoms with Crippen molar-refractivity contribution in [3.8, 4) is 0 Å². The lowest BCUT2D eigenvalue weighted by molar-refractivity contribution is 0.124. The Balaban J connectivity index is 0.00000243. The number of nitrogens with one attached hydrogen (secondary N) is 1. The number of ether oxygens (including phenoxy) is 1. The molecule has 2 saturated heterocycles. The largest absolute Gasteiger partial charge is 0.381 e. The maximum atomic E-state index is 5.50. The van der Waals surface area contributed by atoms with E-state index in [0.29, 0.717) is 17.9 Å². The molecule has 148 valence electrons. The van der Waals surface area contributed by atoms with Gasteiger partial charge in [0.25, 0.3) is 0 Å². The van der Waals surface area contributed by atoms with Crippen LogP contribution in [0.15, 0.2) is 22.5 Å². The quantitative estimate of drug-likeness (QED) is 0.389. The van der Waals surface area contributed by atoms with Gasteiger partial charge < -0.3 is 15.0 Å². The maximum Gasteiger partial charge on any atom is 0.193 e. The molecule has 0 aliphatic carbocycles. The van der Waals surface area contributed by atoms with Crippen molar-refractivity contribution in [2.75, 3.05) is 54.0 Å². The third kappa shape index (κ3) is 5.56. The molecule has 2 aliphatic rings. The van der Waals surface area contributed by atoms with Gasteiger partial charge in [-0.1, -0.05) is 6.07 Å². The first-order valence-corrected chi connectivity index (χ1v) is 10.3. The van der Waals surface area contributed by atoms with E-state index >= 15 is 0 Å². The Morgan fingerprint density at radius 1 is 1.46 bits per heavy atom. The molecular weight excluding hydrogens is 459 g/mol. The van der Waals surface area contributed by atoms with Crippen LogP contribution in [0.3, 0.4) is 0 Å². The van der Waals surface area contributed by atoms with Crippen LogP contribution in [0.5, 0.6) is 0 Å². The van der Waals surface area contributed by atoms with Crippen LogP contribution in [-0.4, -0.2) is 69.8 Å². The predicted octanol–water partition coefficient (Wildman–Crippen LogP) is 3.29. The summed E-state index contributed by atoms with van der Waals surface area (Å²) in [6.07, 6.45) is 3.71. The van der Waals surface area contributed by atoms with E-state index in [1.165, 1.54) is 24.3 Å². The molecule has 2 aliphatic heterocycles. The summed E-state index contributed by atoms with van der Waals surface area (Å²) in [6, 6.07) is 4.97. The van der Waals surface area contributed by atoms with Gasteiger partial charge in [-0.25, -0.2) is 0 Å². The average Bonchev–Trinajstić information content (AvgIpc) is 3.29. The lowest BCUT2D eigenvalue weighted by Crippen LogP contribution is -2.46. The highest BCUT2D eigenvalue weighted by molar-refractivity contribution is 14.0. The molecule has 0 aromatic carbocycles. The van der Waals surface area contributed by atoms with Gasteiger partial charge in [-0.3, -0.25) is 9.89 Å². The summed E-state index contributed by atoms with van der Waals surface area (Å²) in [5.74, 6) is 2.26. The maximum absolute atomic E-state index is 5.50. The molecule has 2 fully saturated rings. The molecule has 7 heteroatoms. The Labute approximate surface area is 179 Å². The van der Waals surface area contributed by atoms with Crippen molar-refractivity contribution in [3.63, 3.8) is 0 Å². The molecule has 0 amide bonds. The minimum atomic E-state index is 0. The summed E-state index contributed by atoms with van der Waals surface area (Å²) in [4.78, 5) is 10.8. The van der Waals surface area contributed by atoms with Gasteiger partial charge in [-0.15, -0.1) is 35.3 Å². The summed E-state index contributed by atoms with van der Waals surface area (Å²) >= 11 is 1.88. The zero-order valence-corrected chi connectivity index (χ0v) is 19.3. The SMILES string of the molecule is CN=C(NCC1CCCN(C)C1c1cccs1)N(C)CC1CCOC1.I. The van der Waals surface area contributed by atoms with Crippen LogP contribution < -0.4 is 5.32 Å². The normalized spacial score (nSPS) is 27.2. The zero-order valence-electron chi connectivity index (χ0n) is 16.2. The number of rotatable bonds is 5. The Kier molecular flexibility index (Phi) is 9.12. The minimum absolute atomic E-state index is 0. The highest BCUT2D eigenvalue weighted by Crippen LogP contribution is 2.36. The van der Waals surface area contributed by atoms with Gasteiger partial charge in [0.05, 0.1) is 6.61 Å². The zero-order chi connectivity index (χ0) is 17.6. The Bertz CT molecular complexity index is 548. The van der Waals surface area contributed by atoms with E-state index in [0.717, 1.165) is 38.7 Å². The second-order valence-corrected chi connectivity index (χ2v) is 8.36. The van der Waals surface area contributed by atoms with Crippen molar-refractivity contribution in [1.29, 1.82) is 0 Å². The van der Waals surface area contributed by atoms with Crippen molar-refractivity contribution in [1.82, 2.24) is 15.1 Å². The molecule has 0 radical (unpaired) electrons. The van der Waals surface area contributed by atoms with Crippen LogP contribution >= 0.6 is 35.3 Å². The van der Waals surface area contributed by atoms with Crippen molar-refractivity contribution in [3.05, 3.63) is 22.4 Å². The van der Waals surface area contributed by atoms with E-state index in [2.05, 4.69) is 51.7 Å². The second kappa shape index (κ2) is 10.8. The number of aliphatic imine (C=N–C) groups is 1. The lowest BCUT2D eigenvalue weighted by atomic mass is 9.88. The van der Waals surface area contributed by atoms with Gasteiger partial charge in [0.1, 0.15) is 0 Å². The molecule has 1 aromatic rings. The highest BCUT2D eigenvalue weighted by Gasteiger charge is 2.31. The van der Waals surface area contributed by atoms with Crippen LogP contribution in [0, 0.1) is 11.8 Å². The topological polar surface area (TPSA) is 40.1 Å². The standard InChI is InChI=1S/C19H32N4OS.HI/c1-20-19(23(3)13-15-8-10-24-14-15)21-12-16-6-4-9-22(2)18(16)17-7-5-11-25-17;/h5,7,11,15-16,18H,4,6,8-10,12-14H2,1-3H3,(H,20,21);1H. The first-order valence-electron chi connectivity index (χ1n) is 9.42. The summed E-state index contributed by atoms with van der Waals surface area (Å²) < 4.78 is 5.50. The summed E-state index contributed by atoms with van der Waals surface area (Å²) in [5.41, 5.74) is 0. The van der Waals surface area contributed by atoms with Crippen LogP contribution in [0.25, 0.3) is 0 Å². The number of halogens is 1. The van der Waals surface area contributed by atoms with Gasteiger partial charge in [-0.05, 0) is 50.2 Å². The smallest absolute Gasteiger partial charge is 0.193 e. The van der Waals surface area contributed by atoms with Gasteiger partial charge in [0, 0.05) is 50.6 Å². The molecule has 3 unspecified atom stereocenters. The van der Waals surface area contributed by atoms with Crippen LogP contribution in [0.1, 0.15) is 30.2 Å². The van der Waals surface area contributed by atoms with Crippen molar-refractivity contribution in [2.24, 2.45) is 16.8 Å². The van der Waals surface area contributed by atoms with Gasteiger partial charge >= 0.3 is 0 Å². The van der Waals surface area contributed by atoms with E-state index in [1.54, 1.807) is 0 Å². The Morgan fingerprint density at radius 2 is 2.31 bits per heavy atom. The lowest BCUT2D eigenvalue weighted by Gasteiger charge is -2.39. The van der Waals surface area contributed by atoms with E-state index in [4.69, 9.17) is 4.74 Å². The fourth-order valence-electron chi connectivity index (χ4n) is 4.19. The number of hydrogen-bond acceptors (Lipinski definition) is 4. The molecule has 3 atom stereocenters. The summed E-state index contributed by atoms with van der Waals surface area (Å²) in [7, 11) is 6.28. The monoisotopic (exact) mass is 492 g/mol. The van der Waals surface area contributed by atoms with E-state index in [1.807, 2.05) is 18.4 Å². The molecule has 3 rings (SSSR count). The molecule has 3 heterocycles. The third-order valence-corrected chi connectivity index (χ3v) is 6.44. The van der Waals surface area contributed by atoms with E-state index in [-0.39, 0.29) is 24.0 Å². The van der Waals surface area contributed by atoms with Crippen molar-refractivity contribution in [2.45, 2.75) is 25.3 Å². The van der Waals surface area contributed by atoms with Crippen LogP contribution in [0.4, 0.5) is 0 Å². The number of nitrogens with zero attached hydrogens (tertiary/aromatic N) is 3. The Hall–Kier alpha value is -0.380. The fourth-order valence-corrected chi connectivity index (χ4v) is 5.17. The summed E-state index contributed by atoms with van der Waals surface area (Å²) in [6.45, 7) is 4.97. The second-order valence-electron chi connectivity index (χ2n) is 7.38.